The van der Waals surface area contributed by atoms with Crippen LogP contribution in [0.5, 0.6) is 0 Å². The molecule has 0 spiro atoms. The molecule has 0 aliphatic carbocycles. The minimum Gasteiger partial charge on any atom is -0.455 e. The number of aryl methyl sites for hydroxylation is 9. The Hall–Kier alpha value is -11.7. The predicted molar refractivity (Wildman–Crippen MR) is 403 cm³/mol. The second-order valence-electron chi connectivity index (χ2n) is 25.8. The quantitative estimate of drug-likeness (QED) is 0.156. The fraction of sp³-hybridized carbons (Fsp3) is 0.110. The first-order chi connectivity index (χ1) is 49.6. The third kappa shape index (κ3) is 10.6. The summed E-state index contributed by atoms with van der Waals surface area (Å²) >= 11 is 0. The van der Waals surface area contributed by atoms with Crippen molar-refractivity contribution in [3.63, 3.8) is 0 Å². The maximum Gasteiger partial charge on any atom is 0.213 e. The van der Waals surface area contributed by atoms with Gasteiger partial charge >= 0.3 is 0 Å². The molecule has 0 fully saturated rings. The van der Waals surface area contributed by atoms with Crippen LogP contribution in [0.1, 0.15) is 47.2 Å². The lowest BCUT2D eigenvalue weighted by atomic mass is 9.93. The molecule has 0 aliphatic rings. The minimum atomic E-state index is -2.22. The number of benzene rings is 12. The molecule has 468 valence electrons. The van der Waals surface area contributed by atoms with Gasteiger partial charge in [-0.1, -0.05) is 176 Å². The van der Waals surface area contributed by atoms with Crippen LogP contribution in [0.4, 0.5) is 0 Å². The van der Waals surface area contributed by atoms with Crippen LogP contribution in [0.2, 0.25) is 0 Å². The lowest BCUT2D eigenvalue weighted by Crippen LogP contribution is -2.31. The zero-order chi connectivity index (χ0) is 71.3. The standard InChI is InChI=1S/C31H26NO.2C30H24NO/c1-19-18-32(4)28(16-26(19)22-10-6-5-7-11-22)27-17-29-30(21(3)20(27)2)25-15-14-23-12-8-9-13-24(23)31(25)33-29;1-19-16-27-26-15-20(2)25(18-29(26)32-30(27)24-12-8-7-11-23(19)24)28-17-22(13-14-31(28)3)21-9-5-4-6-10-21;1-19-15-27-24-14-13-22-11-7-8-12-23(22)30(24)32-29(27)17-26(19)28-16-25(20(2)18-31(28)3)21-9-5-4-6-10-21/h5-18H,1-4H3;2*4-18H,1-3H3/q3*+1/i;1D3;2D3. The van der Waals surface area contributed by atoms with Crippen molar-refractivity contribution in [2.75, 3.05) is 0 Å². The van der Waals surface area contributed by atoms with Crippen molar-refractivity contribution in [3.8, 4) is 67.2 Å². The Morgan fingerprint density at radius 2 is 0.711 bits per heavy atom. The number of hydrogen-bond acceptors (Lipinski definition) is 3. The Kier molecular flexibility index (Phi) is 13.4. The fourth-order valence-electron chi connectivity index (χ4n) is 14.6. The van der Waals surface area contributed by atoms with E-state index >= 15 is 0 Å². The second kappa shape index (κ2) is 24.2. The number of nitrogens with zero attached hydrogens (tertiary/aromatic N) is 3. The molecule has 0 atom stereocenters. The number of rotatable bonds is 6. The van der Waals surface area contributed by atoms with Crippen molar-refractivity contribution in [1.82, 2.24) is 0 Å². The smallest absolute Gasteiger partial charge is 0.213 e. The molecule has 97 heavy (non-hydrogen) atoms. The maximum atomic E-state index is 8.12. The summed E-state index contributed by atoms with van der Waals surface area (Å²) in [4.78, 5) is 0. The van der Waals surface area contributed by atoms with Gasteiger partial charge in [-0.25, -0.2) is 13.7 Å². The molecule has 0 bridgehead atoms. The topological polar surface area (TPSA) is 51.1 Å². The number of furan rings is 3. The maximum absolute atomic E-state index is 8.12. The molecule has 0 aliphatic heterocycles. The van der Waals surface area contributed by atoms with Gasteiger partial charge in [-0.2, -0.15) is 0 Å². The van der Waals surface area contributed by atoms with Crippen LogP contribution in [0.3, 0.4) is 0 Å². The second-order valence-corrected chi connectivity index (χ2v) is 25.8. The molecule has 0 unspecified atom stereocenters. The van der Waals surface area contributed by atoms with Crippen molar-refractivity contribution in [2.45, 2.75) is 48.3 Å². The van der Waals surface area contributed by atoms with Gasteiger partial charge in [0.05, 0.1) is 16.7 Å². The summed E-state index contributed by atoms with van der Waals surface area (Å²) in [6.07, 6.45) is 6.04. The predicted octanol–water partition coefficient (Wildman–Crippen LogP) is 22.9. The minimum absolute atomic E-state index is 0.337. The molecule has 6 nitrogen and oxygen atoms in total. The van der Waals surface area contributed by atoms with E-state index in [0.29, 0.717) is 22.1 Å². The summed E-state index contributed by atoms with van der Waals surface area (Å²) in [7, 11) is 6.07. The zero-order valence-corrected chi connectivity index (χ0v) is 55.5. The van der Waals surface area contributed by atoms with Crippen LogP contribution in [0.15, 0.2) is 281 Å². The van der Waals surface area contributed by atoms with Gasteiger partial charge < -0.3 is 13.3 Å². The first-order valence-corrected chi connectivity index (χ1v) is 32.9. The first-order valence-electron chi connectivity index (χ1n) is 35.9. The SMILES string of the molecule is Cc1c[n+](C)c(-c2cc3oc4c5ccccc5ccc4c3c(C)c2C)cc1-c1ccccc1.[2H]C([2H])([2H])c1c[n+](C)c(-c2cc3oc4c5ccccc5ccc4c3cc2C)cc1-c1ccccc1.[2H]C([2H])([2H])c1cc2c3cc(C)c(-c4cc(-c5ccccc5)cc[n+]4C)cc3oc2c2ccccc12. The van der Waals surface area contributed by atoms with Gasteiger partial charge in [-0.3, -0.25) is 0 Å². The third-order valence-electron chi connectivity index (χ3n) is 19.8. The van der Waals surface area contributed by atoms with E-state index < -0.39 is 13.7 Å². The van der Waals surface area contributed by atoms with Crippen molar-refractivity contribution in [3.05, 3.63) is 306 Å². The van der Waals surface area contributed by atoms with Gasteiger partial charge in [0.2, 0.25) is 17.1 Å². The largest absolute Gasteiger partial charge is 0.455 e. The molecule has 0 N–H and O–H groups in total. The summed E-state index contributed by atoms with van der Waals surface area (Å²) in [5, 5.41) is 12.5. The summed E-state index contributed by atoms with van der Waals surface area (Å²) < 4.78 is 74.2. The van der Waals surface area contributed by atoms with Gasteiger partial charge in [0.1, 0.15) is 54.6 Å². The van der Waals surface area contributed by atoms with Crippen LogP contribution in [0.25, 0.3) is 165 Å². The van der Waals surface area contributed by atoms with E-state index in [2.05, 4.69) is 215 Å². The Balaban J connectivity index is 0.000000119. The molecular weight excluding hydrogens is 1180 g/mol. The molecule has 18 aromatic rings. The van der Waals surface area contributed by atoms with Gasteiger partial charge in [0, 0.05) is 92.1 Å². The highest BCUT2D eigenvalue weighted by Gasteiger charge is 2.25. The monoisotopic (exact) mass is 1260 g/mol. The molecule has 12 aromatic carbocycles. The first kappa shape index (κ1) is 53.6. The van der Waals surface area contributed by atoms with Gasteiger partial charge in [0.25, 0.3) is 0 Å². The Labute approximate surface area is 573 Å². The van der Waals surface area contributed by atoms with Crippen LogP contribution >= 0.6 is 0 Å². The Morgan fingerprint density at radius 1 is 0.278 bits per heavy atom. The van der Waals surface area contributed by atoms with Crippen molar-refractivity contribution < 1.29 is 35.2 Å². The van der Waals surface area contributed by atoms with Crippen LogP contribution in [0, 0.1) is 48.3 Å². The van der Waals surface area contributed by atoms with Crippen LogP contribution in [-0.2, 0) is 21.1 Å². The van der Waals surface area contributed by atoms with E-state index in [1.807, 2.05) is 110 Å². The lowest BCUT2D eigenvalue weighted by molar-refractivity contribution is -0.660. The van der Waals surface area contributed by atoms with Gasteiger partial charge in [-0.05, 0) is 174 Å². The molecular formula is C91H74N3O3+3. The fourth-order valence-corrected chi connectivity index (χ4v) is 14.6. The van der Waals surface area contributed by atoms with E-state index in [9.17, 15) is 0 Å². The summed E-state index contributed by atoms with van der Waals surface area (Å²) in [6.45, 7) is 6.38. The van der Waals surface area contributed by atoms with Gasteiger partial charge in [0.15, 0.2) is 18.6 Å². The molecule has 6 heteroatoms. The highest BCUT2D eigenvalue weighted by Crippen LogP contribution is 2.43. The normalized spacial score (nSPS) is 12.8. The number of hydrogen-bond donors (Lipinski definition) is 0. The molecule has 6 heterocycles. The summed E-state index contributed by atoms with van der Waals surface area (Å²) in [6, 6.07) is 84.7. The Morgan fingerprint density at radius 3 is 1.31 bits per heavy atom. The molecule has 18 rings (SSSR count). The molecule has 0 amide bonds. The van der Waals surface area contributed by atoms with Crippen molar-refractivity contribution in [1.29, 1.82) is 0 Å². The number of fused-ring (bicyclic) bond motifs is 15. The third-order valence-corrected chi connectivity index (χ3v) is 19.8. The van der Waals surface area contributed by atoms with E-state index in [4.69, 9.17) is 21.5 Å². The van der Waals surface area contributed by atoms with Crippen molar-refractivity contribution in [2.24, 2.45) is 21.1 Å². The van der Waals surface area contributed by atoms with E-state index in [1.54, 1.807) is 12.3 Å². The highest BCUT2D eigenvalue weighted by molar-refractivity contribution is 6.19. The number of aromatic nitrogens is 3. The molecule has 6 aromatic heterocycles. The van der Waals surface area contributed by atoms with E-state index in [-0.39, 0.29) is 0 Å². The molecule has 0 radical (unpaired) electrons. The summed E-state index contributed by atoms with van der Waals surface area (Å²) in [5.41, 5.74) is 24.7. The van der Waals surface area contributed by atoms with E-state index in [1.165, 1.54) is 60.8 Å². The Bertz CT molecular complexity index is 6430. The zero-order valence-electron chi connectivity index (χ0n) is 61.5. The average molecular weight is 1260 g/mol. The molecule has 0 saturated heterocycles. The lowest BCUT2D eigenvalue weighted by Gasteiger charge is -2.12. The van der Waals surface area contributed by atoms with Crippen LogP contribution < -0.4 is 13.7 Å². The summed E-state index contributed by atoms with van der Waals surface area (Å²) in [5.74, 6) is 0. The average Bonchev–Trinajstić information content (AvgIpc) is 1.63. The highest BCUT2D eigenvalue weighted by atomic mass is 16.3. The molecule has 0 saturated carbocycles. The van der Waals surface area contributed by atoms with Crippen LogP contribution in [-0.4, -0.2) is 0 Å². The van der Waals surface area contributed by atoms with E-state index in [0.717, 1.165) is 121 Å². The van der Waals surface area contributed by atoms with Crippen molar-refractivity contribution >= 4 is 98.1 Å². The number of pyridine rings is 3. The van der Waals surface area contributed by atoms with Gasteiger partial charge in [-0.15, -0.1) is 0 Å².